The van der Waals surface area contributed by atoms with Crippen LogP contribution in [0.4, 0.5) is 0 Å². The van der Waals surface area contributed by atoms with Crippen LogP contribution in [0.25, 0.3) is 0 Å². The van der Waals surface area contributed by atoms with Gasteiger partial charge in [0.05, 0.1) is 17.2 Å². The normalized spacial score (nSPS) is 17.4. The molecular formula is C14H13N5O. The molecule has 0 aliphatic carbocycles. The molecule has 0 saturated carbocycles. The number of aryl methyl sites for hydroxylation is 2. The van der Waals surface area contributed by atoms with Crippen molar-refractivity contribution in [2.24, 2.45) is 12.8 Å². The average molecular weight is 267 g/mol. The lowest BCUT2D eigenvalue weighted by Crippen LogP contribution is -2.22. The second-order valence-electron chi connectivity index (χ2n) is 4.64. The Morgan fingerprint density at radius 2 is 2.30 bits per heavy atom. The lowest BCUT2D eigenvalue weighted by molar-refractivity contribution is 0.358. The van der Waals surface area contributed by atoms with E-state index in [-0.39, 0.29) is 11.8 Å². The number of fused-ring (bicyclic) bond motifs is 1. The molecule has 0 spiro atoms. The molecule has 100 valence electrons. The van der Waals surface area contributed by atoms with Crippen LogP contribution in [0.3, 0.4) is 0 Å². The number of nitrogens with zero attached hydrogens (tertiary/aromatic N) is 4. The van der Waals surface area contributed by atoms with Gasteiger partial charge in [0, 0.05) is 19.4 Å². The molecule has 0 aromatic carbocycles. The van der Waals surface area contributed by atoms with E-state index in [0.717, 1.165) is 16.8 Å². The fraction of sp³-hybridized carbons (Fsp3) is 0.214. The number of pyridine rings is 1. The van der Waals surface area contributed by atoms with Crippen LogP contribution >= 0.6 is 0 Å². The summed E-state index contributed by atoms with van der Waals surface area (Å²) in [6, 6.07) is 5.90. The SMILES string of the molecule is Cc1nn(C)c2c1C(c1cccnc1)C(C#N)=C(N)O2. The number of aromatic nitrogens is 3. The topological polar surface area (TPSA) is 89.8 Å². The first-order valence-electron chi connectivity index (χ1n) is 6.14. The van der Waals surface area contributed by atoms with Crippen molar-refractivity contribution in [3.05, 3.63) is 52.8 Å². The van der Waals surface area contributed by atoms with Gasteiger partial charge in [-0.2, -0.15) is 10.4 Å². The molecule has 1 atom stereocenters. The van der Waals surface area contributed by atoms with Crippen LogP contribution in [0.5, 0.6) is 5.88 Å². The molecule has 0 bridgehead atoms. The number of nitriles is 1. The van der Waals surface area contributed by atoms with Gasteiger partial charge < -0.3 is 10.5 Å². The first-order valence-corrected chi connectivity index (χ1v) is 6.14. The van der Waals surface area contributed by atoms with E-state index in [1.807, 2.05) is 19.1 Å². The highest BCUT2D eigenvalue weighted by atomic mass is 16.5. The predicted molar refractivity (Wildman–Crippen MR) is 71.5 cm³/mol. The Morgan fingerprint density at radius 3 is 2.95 bits per heavy atom. The second-order valence-corrected chi connectivity index (χ2v) is 4.64. The molecule has 6 heteroatoms. The van der Waals surface area contributed by atoms with Gasteiger partial charge in [-0.3, -0.25) is 4.98 Å². The van der Waals surface area contributed by atoms with Gasteiger partial charge >= 0.3 is 0 Å². The zero-order chi connectivity index (χ0) is 14.3. The van der Waals surface area contributed by atoms with Crippen molar-refractivity contribution in [3.8, 4) is 11.9 Å². The second kappa shape index (κ2) is 4.38. The van der Waals surface area contributed by atoms with E-state index < -0.39 is 0 Å². The molecule has 1 unspecified atom stereocenters. The monoisotopic (exact) mass is 267 g/mol. The number of rotatable bonds is 1. The minimum absolute atomic E-state index is 0.122. The third-order valence-electron chi connectivity index (χ3n) is 3.40. The number of hydrogen-bond acceptors (Lipinski definition) is 5. The maximum Gasteiger partial charge on any atom is 0.224 e. The smallest absolute Gasteiger partial charge is 0.224 e. The van der Waals surface area contributed by atoms with E-state index in [1.54, 1.807) is 24.1 Å². The highest BCUT2D eigenvalue weighted by Gasteiger charge is 2.35. The van der Waals surface area contributed by atoms with Crippen LogP contribution in [0.15, 0.2) is 36.0 Å². The molecule has 2 aromatic heterocycles. The first-order chi connectivity index (χ1) is 9.63. The van der Waals surface area contributed by atoms with E-state index in [1.165, 1.54) is 0 Å². The number of ether oxygens (including phenoxy) is 1. The lowest BCUT2D eigenvalue weighted by Gasteiger charge is -2.24. The molecule has 1 aliphatic rings. The third-order valence-corrected chi connectivity index (χ3v) is 3.40. The van der Waals surface area contributed by atoms with Gasteiger partial charge in [0.25, 0.3) is 0 Å². The molecule has 0 amide bonds. The van der Waals surface area contributed by atoms with E-state index >= 15 is 0 Å². The Balaban J connectivity index is 2.28. The molecule has 0 saturated heterocycles. The van der Waals surface area contributed by atoms with Crippen molar-refractivity contribution in [2.45, 2.75) is 12.8 Å². The molecule has 20 heavy (non-hydrogen) atoms. The quantitative estimate of drug-likeness (QED) is 0.842. The molecule has 2 aromatic rings. The fourth-order valence-electron chi connectivity index (χ4n) is 2.55. The van der Waals surface area contributed by atoms with E-state index in [4.69, 9.17) is 10.5 Å². The summed E-state index contributed by atoms with van der Waals surface area (Å²) >= 11 is 0. The number of allylic oxidation sites excluding steroid dienone is 1. The Morgan fingerprint density at radius 1 is 1.50 bits per heavy atom. The Labute approximate surface area is 116 Å². The van der Waals surface area contributed by atoms with Crippen LogP contribution in [0.2, 0.25) is 0 Å². The molecule has 3 rings (SSSR count). The van der Waals surface area contributed by atoms with Crippen LogP contribution < -0.4 is 10.5 Å². The Bertz CT molecular complexity index is 739. The largest absolute Gasteiger partial charge is 0.422 e. The van der Waals surface area contributed by atoms with E-state index in [2.05, 4.69) is 16.2 Å². The molecule has 2 N–H and O–H groups in total. The van der Waals surface area contributed by atoms with Crippen LogP contribution in [0.1, 0.15) is 22.7 Å². The Hall–Kier alpha value is -2.81. The van der Waals surface area contributed by atoms with Crippen molar-refractivity contribution in [2.75, 3.05) is 0 Å². The molecule has 6 nitrogen and oxygen atoms in total. The zero-order valence-electron chi connectivity index (χ0n) is 11.2. The molecule has 1 aliphatic heterocycles. The third kappa shape index (κ3) is 1.64. The summed E-state index contributed by atoms with van der Waals surface area (Å²) in [5.74, 6) is 0.413. The van der Waals surface area contributed by atoms with Crippen molar-refractivity contribution >= 4 is 0 Å². The summed E-state index contributed by atoms with van der Waals surface area (Å²) in [4.78, 5) is 4.12. The van der Waals surface area contributed by atoms with Crippen LogP contribution in [-0.4, -0.2) is 14.8 Å². The Kier molecular flexibility index (Phi) is 2.68. The van der Waals surface area contributed by atoms with Crippen molar-refractivity contribution in [1.82, 2.24) is 14.8 Å². The van der Waals surface area contributed by atoms with Crippen molar-refractivity contribution in [3.63, 3.8) is 0 Å². The summed E-state index contributed by atoms with van der Waals surface area (Å²) in [5, 5.41) is 13.8. The zero-order valence-corrected chi connectivity index (χ0v) is 11.2. The minimum Gasteiger partial charge on any atom is -0.422 e. The molecule has 3 heterocycles. The summed E-state index contributed by atoms with van der Waals surface area (Å²) < 4.78 is 7.19. The van der Waals surface area contributed by atoms with Crippen molar-refractivity contribution < 1.29 is 4.74 Å². The molecular weight excluding hydrogens is 254 g/mol. The first kappa shape index (κ1) is 12.2. The van der Waals surface area contributed by atoms with Crippen molar-refractivity contribution in [1.29, 1.82) is 5.26 Å². The molecule has 0 fully saturated rings. The predicted octanol–water partition coefficient (Wildman–Crippen LogP) is 1.34. The van der Waals surface area contributed by atoms with Gasteiger partial charge in [0.2, 0.25) is 11.8 Å². The van der Waals surface area contributed by atoms with Gasteiger partial charge in [-0.25, -0.2) is 4.68 Å². The summed E-state index contributed by atoms with van der Waals surface area (Å²) in [5.41, 5.74) is 8.85. The van der Waals surface area contributed by atoms with Crippen LogP contribution in [-0.2, 0) is 7.05 Å². The van der Waals surface area contributed by atoms with Gasteiger partial charge in [0.1, 0.15) is 11.6 Å². The van der Waals surface area contributed by atoms with Gasteiger partial charge in [-0.05, 0) is 18.6 Å². The maximum absolute atomic E-state index is 9.40. The summed E-state index contributed by atoms with van der Waals surface area (Å²) in [6.45, 7) is 1.89. The summed E-state index contributed by atoms with van der Waals surface area (Å²) in [7, 11) is 1.79. The van der Waals surface area contributed by atoms with Crippen LogP contribution in [0, 0.1) is 18.3 Å². The maximum atomic E-state index is 9.40. The van der Waals surface area contributed by atoms with E-state index in [9.17, 15) is 5.26 Å². The van der Waals surface area contributed by atoms with E-state index in [0.29, 0.717) is 11.5 Å². The fourth-order valence-corrected chi connectivity index (χ4v) is 2.55. The standard InChI is InChI=1S/C14H13N5O/c1-8-11-12(9-4-3-5-17-7-9)10(6-15)13(16)20-14(11)19(2)18-8/h3-5,7,12H,16H2,1-2H3. The molecule has 0 radical (unpaired) electrons. The average Bonchev–Trinajstić information content (AvgIpc) is 2.73. The van der Waals surface area contributed by atoms with Gasteiger partial charge in [-0.1, -0.05) is 6.07 Å². The minimum atomic E-state index is -0.286. The lowest BCUT2D eigenvalue weighted by atomic mass is 9.85. The van der Waals surface area contributed by atoms with Gasteiger partial charge in [0.15, 0.2) is 0 Å². The number of hydrogen-bond donors (Lipinski definition) is 1. The van der Waals surface area contributed by atoms with Gasteiger partial charge in [-0.15, -0.1) is 0 Å². The highest BCUT2D eigenvalue weighted by molar-refractivity contribution is 5.54. The highest BCUT2D eigenvalue weighted by Crippen LogP contribution is 2.42. The number of nitrogens with two attached hydrogens (primary N) is 1. The summed E-state index contributed by atoms with van der Waals surface area (Å²) in [6.07, 6.45) is 3.43.